The molecule has 0 aliphatic heterocycles. The molecule has 0 aliphatic carbocycles. The van der Waals surface area contributed by atoms with Gasteiger partial charge in [-0.1, -0.05) is 66.7 Å². The van der Waals surface area contributed by atoms with Crippen LogP contribution in [-0.4, -0.2) is 13.8 Å². The lowest BCUT2D eigenvalue weighted by molar-refractivity contribution is 1.32. The molecule has 3 nitrogen and oxygen atoms in total. The summed E-state index contributed by atoms with van der Waals surface area (Å²) in [5.74, 6) is 0. The average molecular weight is 431 g/mol. The average Bonchev–Trinajstić information content (AvgIpc) is 3.55. The summed E-state index contributed by atoms with van der Waals surface area (Å²) in [5, 5.41) is 8.96. The summed E-state index contributed by atoms with van der Waals surface area (Å²) in [6.45, 7) is 0. The highest BCUT2D eigenvalue weighted by molar-refractivity contribution is 6.36. The lowest BCUT2D eigenvalue weighted by atomic mass is 9.97. The van der Waals surface area contributed by atoms with Crippen LogP contribution in [0.3, 0.4) is 0 Å². The van der Waals surface area contributed by atoms with E-state index in [-0.39, 0.29) is 0 Å². The van der Waals surface area contributed by atoms with Crippen molar-refractivity contribution in [1.29, 1.82) is 0 Å². The Kier molecular flexibility index (Phi) is 2.81. The second-order valence-corrected chi connectivity index (χ2v) is 9.22. The van der Waals surface area contributed by atoms with Gasteiger partial charge >= 0.3 is 0 Å². The number of imidazole rings is 1. The standard InChI is InChI=1S/C31H17N3/c1-5-13-24-18(9-1)21-17-22-28(29-20-11-3-6-14-25(20)33(24)30(21)29)19-10-2-7-15-26(19)34-27-16-8-4-12-23(27)32-31(22)34/h1-17H. The van der Waals surface area contributed by atoms with Gasteiger partial charge in [0, 0.05) is 37.7 Å². The van der Waals surface area contributed by atoms with Crippen molar-refractivity contribution in [3.63, 3.8) is 0 Å². The van der Waals surface area contributed by atoms with Gasteiger partial charge in [0.05, 0.1) is 33.1 Å². The molecule has 156 valence electrons. The number of para-hydroxylation sites is 5. The summed E-state index contributed by atoms with van der Waals surface area (Å²) in [5.41, 5.74) is 8.21. The van der Waals surface area contributed by atoms with Gasteiger partial charge in [0.25, 0.3) is 0 Å². The summed E-state index contributed by atoms with van der Waals surface area (Å²) in [6, 6.07) is 37.2. The highest BCUT2D eigenvalue weighted by Crippen LogP contribution is 2.46. The topological polar surface area (TPSA) is 21.7 Å². The van der Waals surface area contributed by atoms with Crippen LogP contribution in [0.15, 0.2) is 103 Å². The van der Waals surface area contributed by atoms with Crippen LogP contribution in [0, 0.1) is 0 Å². The van der Waals surface area contributed by atoms with Crippen LogP contribution < -0.4 is 0 Å². The molecule has 3 heteroatoms. The lowest BCUT2D eigenvalue weighted by Gasteiger charge is -2.11. The minimum atomic E-state index is 1.02. The zero-order chi connectivity index (χ0) is 22.0. The predicted octanol–water partition coefficient (Wildman–Crippen LogP) is 7.94. The molecule has 9 aromatic rings. The third kappa shape index (κ3) is 1.78. The Morgan fingerprint density at radius 2 is 1.00 bits per heavy atom. The van der Waals surface area contributed by atoms with Crippen LogP contribution in [0.2, 0.25) is 0 Å². The molecule has 0 unspecified atom stereocenters. The largest absolute Gasteiger partial charge is 0.308 e. The van der Waals surface area contributed by atoms with Gasteiger partial charge in [-0.3, -0.25) is 4.40 Å². The van der Waals surface area contributed by atoms with Gasteiger partial charge in [-0.2, -0.15) is 0 Å². The molecule has 4 heterocycles. The van der Waals surface area contributed by atoms with Crippen LogP contribution in [0.25, 0.3) is 76.5 Å². The molecular formula is C31H17N3. The number of aromatic nitrogens is 3. The smallest absolute Gasteiger partial charge is 0.146 e. The van der Waals surface area contributed by atoms with Crippen molar-refractivity contribution in [1.82, 2.24) is 13.8 Å². The third-order valence-corrected chi connectivity index (χ3v) is 7.59. The van der Waals surface area contributed by atoms with E-state index >= 15 is 0 Å². The molecule has 34 heavy (non-hydrogen) atoms. The van der Waals surface area contributed by atoms with E-state index < -0.39 is 0 Å². The summed E-state index contributed by atoms with van der Waals surface area (Å²) < 4.78 is 4.79. The van der Waals surface area contributed by atoms with E-state index in [0.29, 0.717) is 0 Å². The number of rotatable bonds is 0. The zero-order valence-corrected chi connectivity index (χ0v) is 18.2. The number of nitrogens with zero attached hydrogens (tertiary/aromatic N) is 3. The Hall–Kier alpha value is -4.63. The van der Waals surface area contributed by atoms with Crippen molar-refractivity contribution in [3.05, 3.63) is 103 Å². The number of pyridine rings is 1. The normalized spacial score (nSPS) is 12.7. The van der Waals surface area contributed by atoms with Crippen LogP contribution in [0.1, 0.15) is 0 Å². The number of hydrogen-bond donors (Lipinski definition) is 0. The molecule has 0 aliphatic rings. The Balaban J connectivity index is 1.74. The van der Waals surface area contributed by atoms with Crippen molar-refractivity contribution in [3.8, 4) is 0 Å². The fourth-order valence-corrected chi connectivity index (χ4v) is 6.31. The fourth-order valence-electron chi connectivity index (χ4n) is 6.31. The predicted molar refractivity (Wildman–Crippen MR) is 142 cm³/mol. The van der Waals surface area contributed by atoms with Gasteiger partial charge in [0.2, 0.25) is 0 Å². The van der Waals surface area contributed by atoms with E-state index in [1.54, 1.807) is 0 Å². The first-order valence-corrected chi connectivity index (χ1v) is 11.7. The molecule has 0 N–H and O–H groups in total. The Morgan fingerprint density at radius 1 is 0.441 bits per heavy atom. The van der Waals surface area contributed by atoms with E-state index in [1.165, 1.54) is 59.8 Å². The quantitative estimate of drug-likeness (QED) is 0.223. The molecule has 0 saturated heterocycles. The van der Waals surface area contributed by atoms with Crippen molar-refractivity contribution in [2.75, 3.05) is 0 Å². The van der Waals surface area contributed by atoms with E-state index in [9.17, 15) is 0 Å². The van der Waals surface area contributed by atoms with Crippen LogP contribution in [0.4, 0.5) is 0 Å². The molecule has 0 spiro atoms. The lowest BCUT2D eigenvalue weighted by Crippen LogP contribution is -1.92. The maximum atomic E-state index is 5.17. The number of hydrogen-bond acceptors (Lipinski definition) is 1. The molecule has 0 bridgehead atoms. The van der Waals surface area contributed by atoms with E-state index in [0.717, 1.165) is 16.7 Å². The molecule has 5 aromatic carbocycles. The Bertz CT molecular complexity index is 2280. The van der Waals surface area contributed by atoms with E-state index in [1.807, 2.05) is 0 Å². The van der Waals surface area contributed by atoms with Crippen molar-refractivity contribution >= 4 is 76.5 Å². The highest BCUT2D eigenvalue weighted by Gasteiger charge is 2.23. The molecule has 0 atom stereocenters. The summed E-state index contributed by atoms with van der Waals surface area (Å²) in [7, 11) is 0. The van der Waals surface area contributed by atoms with Gasteiger partial charge in [-0.15, -0.1) is 0 Å². The summed E-state index contributed by atoms with van der Waals surface area (Å²) in [6.07, 6.45) is 0. The van der Waals surface area contributed by atoms with Crippen LogP contribution in [-0.2, 0) is 0 Å². The first-order chi connectivity index (χ1) is 16.9. The summed E-state index contributed by atoms with van der Waals surface area (Å²) in [4.78, 5) is 5.17. The monoisotopic (exact) mass is 431 g/mol. The zero-order valence-electron chi connectivity index (χ0n) is 18.2. The van der Waals surface area contributed by atoms with Gasteiger partial charge in [0.15, 0.2) is 0 Å². The molecule has 9 rings (SSSR count). The molecule has 0 radical (unpaired) electrons. The van der Waals surface area contributed by atoms with E-state index in [4.69, 9.17) is 4.98 Å². The van der Waals surface area contributed by atoms with Gasteiger partial charge < -0.3 is 4.40 Å². The van der Waals surface area contributed by atoms with Gasteiger partial charge in [-0.05, 0) is 36.4 Å². The van der Waals surface area contributed by atoms with E-state index in [2.05, 4.69) is 112 Å². The molecule has 0 amide bonds. The highest BCUT2D eigenvalue weighted by atomic mass is 15.0. The number of fused-ring (bicyclic) bond motifs is 15. The first kappa shape index (κ1) is 16.9. The summed E-state index contributed by atoms with van der Waals surface area (Å²) >= 11 is 0. The maximum Gasteiger partial charge on any atom is 0.146 e. The first-order valence-electron chi connectivity index (χ1n) is 11.7. The van der Waals surface area contributed by atoms with Crippen molar-refractivity contribution in [2.45, 2.75) is 0 Å². The SMILES string of the molecule is c1ccc2c(c1)nc1c3cc4c5ccccc5n5c6ccccc6c(c3c3ccccc3n21)c45. The molecule has 0 saturated carbocycles. The van der Waals surface area contributed by atoms with Crippen molar-refractivity contribution < 1.29 is 0 Å². The van der Waals surface area contributed by atoms with Crippen LogP contribution in [0.5, 0.6) is 0 Å². The van der Waals surface area contributed by atoms with Gasteiger partial charge in [0.1, 0.15) is 5.65 Å². The maximum absolute atomic E-state index is 5.17. The second-order valence-electron chi connectivity index (χ2n) is 9.22. The van der Waals surface area contributed by atoms with Crippen LogP contribution >= 0.6 is 0 Å². The molecule has 0 fully saturated rings. The minimum Gasteiger partial charge on any atom is -0.308 e. The molecular weight excluding hydrogens is 414 g/mol. The molecule has 4 aromatic heterocycles. The van der Waals surface area contributed by atoms with Gasteiger partial charge in [-0.25, -0.2) is 4.98 Å². The van der Waals surface area contributed by atoms with Crippen molar-refractivity contribution in [2.24, 2.45) is 0 Å². The second kappa shape index (κ2) is 5.64. The minimum absolute atomic E-state index is 1.02. The fraction of sp³-hybridized carbons (Fsp3) is 0. The Morgan fingerprint density at radius 3 is 1.76 bits per heavy atom. The third-order valence-electron chi connectivity index (χ3n) is 7.59. The number of benzene rings is 5. The Labute approximate surface area is 193 Å².